The zero-order valence-electron chi connectivity index (χ0n) is 15.4. The molecule has 0 aliphatic heterocycles. The normalized spacial score (nSPS) is 13.0. The third-order valence-corrected chi connectivity index (χ3v) is 3.95. The fourth-order valence-electron chi connectivity index (χ4n) is 2.41. The quantitative estimate of drug-likeness (QED) is 0.223. The number of esters is 1. The van der Waals surface area contributed by atoms with E-state index in [1.165, 1.54) is 52.1 Å². The Balaban J connectivity index is 3.59. The van der Waals surface area contributed by atoms with Crippen LogP contribution in [0, 0.1) is 0 Å². The first-order valence-corrected chi connectivity index (χ1v) is 9.17. The maximum absolute atomic E-state index is 11.0. The van der Waals surface area contributed by atoms with E-state index in [0.29, 0.717) is 6.42 Å². The van der Waals surface area contributed by atoms with E-state index >= 15 is 0 Å². The average molecular weight is 325 g/mol. The highest BCUT2D eigenvalue weighted by atomic mass is 16.5. The standard InChI is InChI=1S/C20H36O3/c1-4-5-6-7-8-10-13-16-19(22-2)17-14-11-9-12-15-18-20(21)23-3/h8,10,13,16,19H,4-7,9,11-12,14-15,17-18H2,1-3H3/b10-8+,16-13+/t19-/m1/s1. The molecular formula is C20H36O3. The average Bonchev–Trinajstić information content (AvgIpc) is 2.57. The van der Waals surface area contributed by atoms with Crippen LogP contribution in [0.25, 0.3) is 0 Å². The van der Waals surface area contributed by atoms with Gasteiger partial charge >= 0.3 is 5.97 Å². The summed E-state index contributed by atoms with van der Waals surface area (Å²) in [7, 11) is 3.22. The van der Waals surface area contributed by atoms with Crippen LogP contribution in [0.5, 0.6) is 0 Å². The molecule has 0 spiro atoms. The van der Waals surface area contributed by atoms with Gasteiger partial charge in [0.2, 0.25) is 0 Å². The van der Waals surface area contributed by atoms with Gasteiger partial charge in [-0.15, -0.1) is 0 Å². The van der Waals surface area contributed by atoms with E-state index in [9.17, 15) is 4.79 Å². The van der Waals surface area contributed by atoms with Crippen molar-refractivity contribution in [2.24, 2.45) is 0 Å². The van der Waals surface area contributed by atoms with Crippen LogP contribution in [-0.2, 0) is 14.3 Å². The molecule has 23 heavy (non-hydrogen) atoms. The number of hydrogen-bond acceptors (Lipinski definition) is 3. The Morgan fingerprint density at radius 1 is 0.957 bits per heavy atom. The van der Waals surface area contributed by atoms with Gasteiger partial charge in [-0.05, 0) is 25.7 Å². The highest BCUT2D eigenvalue weighted by Crippen LogP contribution is 2.11. The molecule has 3 nitrogen and oxygen atoms in total. The zero-order valence-corrected chi connectivity index (χ0v) is 15.4. The number of methoxy groups -OCH3 is 2. The van der Waals surface area contributed by atoms with Crippen LogP contribution in [0.2, 0.25) is 0 Å². The first-order valence-electron chi connectivity index (χ1n) is 9.17. The van der Waals surface area contributed by atoms with Crippen molar-refractivity contribution >= 4 is 5.97 Å². The van der Waals surface area contributed by atoms with Crippen molar-refractivity contribution in [1.82, 2.24) is 0 Å². The lowest BCUT2D eigenvalue weighted by Crippen LogP contribution is -2.06. The second-order valence-electron chi connectivity index (χ2n) is 5.97. The number of allylic oxidation sites excluding steroid dienone is 3. The maximum atomic E-state index is 11.0. The lowest BCUT2D eigenvalue weighted by atomic mass is 10.1. The lowest BCUT2D eigenvalue weighted by molar-refractivity contribution is -0.140. The Kier molecular flexibility index (Phi) is 16.4. The van der Waals surface area contributed by atoms with Crippen molar-refractivity contribution in [2.75, 3.05) is 14.2 Å². The minimum Gasteiger partial charge on any atom is -0.469 e. The Hall–Kier alpha value is -1.09. The molecule has 0 aliphatic carbocycles. The fraction of sp³-hybridized carbons (Fsp3) is 0.750. The van der Waals surface area contributed by atoms with Gasteiger partial charge in [0.05, 0.1) is 13.2 Å². The molecule has 1 atom stereocenters. The largest absolute Gasteiger partial charge is 0.469 e. The van der Waals surface area contributed by atoms with Gasteiger partial charge in [0.1, 0.15) is 0 Å². The predicted octanol–water partition coefficient (Wildman–Crippen LogP) is 5.60. The maximum Gasteiger partial charge on any atom is 0.305 e. The van der Waals surface area contributed by atoms with Crippen molar-refractivity contribution in [1.29, 1.82) is 0 Å². The number of ether oxygens (including phenoxy) is 2. The minimum absolute atomic E-state index is 0.0997. The molecule has 0 aromatic rings. The molecule has 0 amide bonds. The van der Waals surface area contributed by atoms with E-state index < -0.39 is 0 Å². The van der Waals surface area contributed by atoms with E-state index in [4.69, 9.17) is 4.74 Å². The van der Waals surface area contributed by atoms with E-state index in [1.54, 1.807) is 7.11 Å². The second-order valence-corrected chi connectivity index (χ2v) is 5.97. The summed E-state index contributed by atoms with van der Waals surface area (Å²) in [5.74, 6) is -0.0997. The van der Waals surface area contributed by atoms with Crippen LogP contribution >= 0.6 is 0 Å². The van der Waals surface area contributed by atoms with Crippen LogP contribution in [0.3, 0.4) is 0 Å². The van der Waals surface area contributed by atoms with Crippen molar-refractivity contribution in [2.45, 2.75) is 83.7 Å². The SMILES string of the molecule is CCCCC/C=C/C=C/[C@H](CCCCCCCC(=O)OC)OC. The number of carbonyl (C=O) groups excluding carboxylic acids is 1. The molecule has 0 unspecified atom stereocenters. The molecule has 134 valence electrons. The Bertz CT molecular complexity index is 321. The third-order valence-electron chi connectivity index (χ3n) is 3.95. The van der Waals surface area contributed by atoms with E-state index in [1.807, 2.05) is 0 Å². The van der Waals surface area contributed by atoms with Gasteiger partial charge in [-0.25, -0.2) is 0 Å². The predicted molar refractivity (Wildman–Crippen MR) is 97.6 cm³/mol. The number of rotatable bonds is 15. The summed E-state index contributed by atoms with van der Waals surface area (Å²) >= 11 is 0. The molecule has 0 N–H and O–H groups in total. The Morgan fingerprint density at radius 2 is 1.70 bits per heavy atom. The molecule has 0 radical (unpaired) electrons. The third kappa shape index (κ3) is 15.6. The molecule has 0 aromatic heterocycles. The van der Waals surface area contributed by atoms with Crippen LogP contribution < -0.4 is 0 Å². The molecule has 3 heteroatoms. The van der Waals surface area contributed by atoms with Crippen LogP contribution in [-0.4, -0.2) is 26.3 Å². The topological polar surface area (TPSA) is 35.5 Å². The molecule has 0 aliphatic rings. The first-order chi connectivity index (χ1) is 11.2. The summed E-state index contributed by atoms with van der Waals surface area (Å²) in [5, 5.41) is 0. The summed E-state index contributed by atoms with van der Waals surface area (Å²) in [6.07, 6.45) is 21.1. The summed E-state index contributed by atoms with van der Waals surface area (Å²) in [5.41, 5.74) is 0. The van der Waals surface area contributed by atoms with Crippen molar-refractivity contribution < 1.29 is 14.3 Å². The van der Waals surface area contributed by atoms with Crippen molar-refractivity contribution in [3.8, 4) is 0 Å². The molecule has 0 saturated heterocycles. The summed E-state index contributed by atoms with van der Waals surface area (Å²) in [6.45, 7) is 2.23. The van der Waals surface area contributed by atoms with Gasteiger partial charge in [0.15, 0.2) is 0 Å². The summed E-state index contributed by atoms with van der Waals surface area (Å²) in [4.78, 5) is 11.0. The fourth-order valence-corrected chi connectivity index (χ4v) is 2.41. The lowest BCUT2D eigenvalue weighted by Gasteiger charge is -2.10. The van der Waals surface area contributed by atoms with E-state index in [2.05, 4.69) is 36.0 Å². The van der Waals surface area contributed by atoms with E-state index in [0.717, 1.165) is 19.3 Å². The molecule has 0 rings (SSSR count). The van der Waals surface area contributed by atoms with E-state index in [-0.39, 0.29) is 12.1 Å². The smallest absolute Gasteiger partial charge is 0.305 e. The number of unbranched alkanes of at least 4 members (excludes halogenated alkanes) is 7. The molecule has 0 bridgehead atoms. The minimum atomic E-state index is -0.0997. The molecule has 0 fully saturated rings. The van der Waals surface area contributed by atoms with Crippen molar-refractivity contribution in [3.05, 3.63) is 24.3 Å². The molecule has 0 saturated carbocycles. The van der Waals surface area contributed by atoms with Gasteiger partial charge in [0, 0.05) is 13.5 Å². The van der Waals surface area contributed by atoms with Gasteiger partial charge < -0.3 is 9.47 Å². The Morgan fingerprint density at radius 3 is 2.39 bits per heavy atom. The van der Waals surface area contributed by atoms with Gasteiger partial charge in [-0.1, -0.05) is 69.8 Å². The van der Waals surface area contributed by atoms with Crippen LogP contribution in [0.1, 0.15) is 77.6 Å². The van der Waals surface area contributed by atoms with Crippen LogP contribution in [0.15, 0.2) is 24.3 Å². The van der Waals surface area contributed by atoms with Gasteiger partial charge in [0.25, 0.3) is 0 Å². The summed E-state index contributed by atoms with van der Waals surface area (Å²) < 4.78 is 10.1. The monoisotopic (exact) mass is 324 g/mol. The summed E-state index contributed by atoms with van der Waals surface area (Å²) in [6, 6.07) is 0. The highest BCUT2D eigenvalue weighted by Gasteiger charge is 2.02. The molecular weight excluding hydrogens is 288 g/mol. The Labute approximate surface area is 143 Å². The zero-order chi connectivity index (χ0) is 17.2. The second kappa shape index (κ2) is 17.3. The number of hydrogen-bond donors (Lipinski definition) is 0. The van der Waals surface area contributed by atoms with Crippen molar-refractivity contribution in [3.63, 3.8) is 0 Å². The molecule has 0 aromatic carbocycles. The van der Waals surface area contributed by atoms with Gasteiger partial charge in [-0.2, -0.15) is 0 Å². The molecule has 0 heterocycles. The van der Waals surface area contributed by atoms with Gasteiger partial charge in [-0.3, -0.25) is 4.79 Å². The highest BCUT2D eigenvalue weighted by molar-refractivity contribution is 5.68. The number of carbonyl (C=O) groups is 1. The van der Waals surface area contributed by atoms with Crippen LogP contribution in [0.4, 0.5) is 0 Å². The first kappa shape index (κ1) is 21.9.